The second kappa shape index (κ2) is 5.30. The lowest BCUT2D eigenvalue weighted by molar-refractivity contribution is -0.149. The van der Waals surface area contributed by atoms with Crippen LogP contribution in [0.15, 0.2) is 0 Å². The van der Waals surface area contributed by atoms with Crippen molar-refractivity contribution in [2.24, 2.45) is 5.41 Å². The lowest BCUT2D eigenvalue weighted by Gasteiger charge is -2.27. The van der Waals surface area contributed by atoms with E-state index < -0.39 is 11.5 Å². The summed E-state index contributed by atoms with van der Waals surface area (Å²) in [4.78, 5) is 22.6. The first kappa shape index (κ1) is 14.9. The third kappa shape index (κ3) is 5.11. The molecule has 0 fully saturated rings. The molecular weight excluding hydrogens is 210 g/mol. The summed E-state index contributed by atoms with van der Waals surface area (Å²) in [6.45, 7) is 7.13. The standard InChI is InChI=1S/C11H21NO4/c1-10(2,3)6-8(13)12-11(4,7-16-5)9(14)15/h6-7H2,1-5H3,(H,12,13)(H,14,15). The van der Waals surface area contributed by atoms with E-state index in [1.54, 1.807) is 0 Å². The first-order valence-corrected chi connectivity index (χ1v) is 5.14. The number of hydrogen-bond donors (Lipinski definition) is 2. The van der Waals surface area contributed by atoms with Crippen molar-refractivity contribution in [3.05, 3.63) is 0 Å². The number of aliphatic carboxylic acids is 1. The van der Waals surface area contributed by atoms with Gasteiger partial charge in [0.2, 0.25) is 5.91 Å². The molecule has 0 saturated carbocycles. The highest BCUT2D eigenvalue weighted by atomic mass is 16.5. The van der Waals surface area contributed by atoms with Crippen molar-refractivity contribution in [2.75, 3.05) is 13.7 Å². The number of hydrogen-bond acceptors (Lipinski definition) is 3. The van der Waals surface area contributed by atoms with Gasteiger partial charge in [0, 0.05) is 13.5 Å². The van der Waals surface area contributed by atoms with Crippen LogP contribution in [0.1, 0.15) is 34.1 Å². The Labute approximate surface area is 96.2 Å². The zero-order valence-electron chi connectivity index (χ0n) is 10.6. The second-order valence-corrected chi connectivity index (χ2v) is 5.36. The lowest BCUT2D eigenvalue weighted by atomic mass is 9.91. The molecule has 0 radical (unpaired) electrons. The van der Waals surface area contributed by atoms with Gasteiger partial charge in [0.15, 0.2) is 5.54 Å². The number of rotatable bonds is 5. The third-order valence-electron chi connectivity index (χ3n) is 2.01. The van der Waals surface area contributed by atoms with Crippen LogP contribution in [0.25, 0.3) is 0 Å². The van der Waals surface area contributed by atoms with Gasteiger partial charge in [0.05, 0.1) is 6.61 Å². The molecule has 2 N–H and O–H groups in total. The molecule has 94 valence electrons. The minimum atomic E-state index is -1.36. The summed E-state index contributed by atoms with van der Waals surface area (Å²) in [6, 6.07) is 0. The van der Waals surface area contributed by atoms with Gasteiger partial charge >= 0.3 is 5.97 Å². The number of ether oxygens (including phenoxy) is 1. The molecular formula is C11H21NO4. The first-order chi connectivity index (χ1) is 7.10. The van der Waals surface area contributed by atoms with Gasteiger partial charge in [-0.25, -0.2) is 4.79 Å². The first-order valence-electron chi connectivity index (χ1n) is 5.14. The minimum absolute atomic E-state index is 0.0573. The van der Waals surface area contributed by atoms with Gasteiger partial charge in [-0.1, -0.05) is 20.8 Å². The molecule has 5 heteroatoms. The van der Waals surface area contributed by atoms with Crippen molar-refractivity contribution in [3.8, 4) is 0 Å². The van der Waals surface area contributed by atoms with Crippen molar-refractivity contribution < 1.29 is 19.4 Å². The maximum absolute atomic E-state index is 11.6. The number of amides is 1. The summed E-state index contributed by atoms with van der Waals surface area (Å²) in [5, 5.41) is 11.5. The molecule has 0 aliphatic heterocycles. The van der Waals surface area contributed by atoms with Gasteiger partial charge in [-0.2, -0.15) is 0 Å². The molecule has 0 bridgehead atoms. The fourth-order valence-electron chi connectivity index (χ4n) is 1.27. The maximum atomic E-state index is 11.6. The number of carboxylic acid groups (broad SMARTS) is 1. The van der Waals surface area contributed by atoms with Gasteiger partial charge in [0.1, 0.15) is 0 Å². The third-order valence-corrected chi connectivity index (χ3v) is 2.01. The highest BCUT2D eigenvalue weighted by Crippen LogP contribution is 2.18. The number of carbonyl (C=O) groups is 2. The molecule has 0 aromatic rings. The van der Waals surface area contributed by atoms with Crippen LogP contribution in [0.3, 0.4) is 0 Å². The Morgan fingerprint density at radius 1 is 1.25 bits per heavy atom. The van der Waals surface area contributed by atoms with Crippen molar-refractivity contribution in [1.82, 2.24) is 5.32 Å². The maximum Gasteiger partial charge on any atom is 0.331 e. The van der Waals surface area contributed by atoms with Crippen LogP contribution < -0.4 is 5.32 Å². The van der Waals surface area contributed by atoms with Crippen molar-refractivity contribution in [2.45, 2.75) is 39.7 Å². The molecule has 1 amide bonds. The average molecular weight is 231 g/mol. The van der Waals surface area contributed by atoms with E-state index in [0.29, 0.717) is 0 Å². The van der Waals surface area contributed by atoms with E-state index in [4.69, 9.17) is 9.84 Å². The van der Waals surface area contributed by atoms with Gasteiger partial charge in [0.25, 0.3) is 0 Å². The molecule has 0 aliphatic carbocycles. The van der Waals surface area contributed by atoms with Crippen LogP contribution in [0.4, 0.5) is 0 Å². The highest BCUT2D eigenvalue weighted by molar-refractivity contribution is 5.87. The van der Waals surface area contributed by atoms with Crippen LogP contribution in [0, 0.1) is 5.41 Å². The van der Waals surface area contributed by atoms with Crippen LogP contribution >= 0.6 is 0 Å². The summed E-state index contributed by atoms with van der Waals surface area (Å²) < 4.78 is 4.80. The number of carbonyl (C=O) groups excluding carboxylic acids is 1. The Balaban J connectivity index is 4.53. The molecule has 0 heterocycles. The molecule has 16 heavy (non-hydrogen) atoms. The van der Waals surface area contributed by atoms with E-state index in [9.17, 15) is 9.59 Å². The molecule has 1 atom stereocenters. The summed E-state index contributed by atoms with van der Waals surface area (Å²) >= 11 is 0. The molecule has 0 aromatic heterocycles. The normalized spacial score (nSPS) is 15.3. The van der Waals surface area contributed by atoms with E-state index in [-0.39, 0.29) is 24.3 Å². The SMILES string of the molecule is COCC(C)(NC(=O)CC(C)(C)C)C(=O)O. The van der Waals surface area contributed by atoms with Crippen molar-refractivity contribution >= 4 is 11.9 Å². The van der Waals surface area contributed by atoms with Gasteiger partial charge in [-0.3, -0.25) is 4.79 Å². The Hall–Kier alpha value is -1.10. The van der Waals surface area contributed by atoms with Crippen LogP contribution in [-0.2, 0) is 14.3 Å². The fraction of sp³-hybridized carbons (Fsp3) is 0.818. The number of methoxy groups -OCH3 is 1. The summed E-state index contributed by atoms with van der Waals surface area (Å²) in [5.74, 6) is -1.38. The highest BCUT2D eigenvalue weighted by Gasteiger charge is 2.35. The van der Waals surface area contributed by atoms with E-state index in [1.165, 1.54) is 14.0 Å². The minimum Gasteiger partial charge on any atom is -0.479 e. The predicted octanol–water partition coefficient (Wildman–Crippen LogP) is 1.03. The van der Waals surface area contributed by atoms with E-state index >= 15 is 0 Å². The second-order valence-electron chi connectivity index (χ2n) is 5.36. The van der Waals surface area contributed by atoms with Gasteiger partial charge in [-0.05, 0) is 12.3 Å². The van der Waals surface area contributed by atoms with Crippen LogP contribution in [0.5, 0.6) is 0 Å². The largest absolute Gasteiger partial charge is 0.479 e. The summed E-state index contributed by atoms with van der Waals surface area (Å²) in [6.07, 6.45) is 0.277. The molecule has 0 rings (SSSR count). The monoisotopic (exact) mass is 231 g/mol. The number of nitrogens with one attached hydrogen (secondary N) is 1. The smallest absolute Gasteiger partial charge is 0.331 e. The van der Waals surface area contributed by atoms with Gasteiger partial charge < -0.3 is 15.2 Å². The Bertz CT molecular complexity index is 270. The number of carboxylic acids is 1. The quantitative estimate of drug-likeness (QED) is 0.741. The molecule has 5 nitrogen and oxygen atoms in total. The van der Waals surface area contributed by atoms with E-state index in [2.05, 4.69) is 5.32 Å². The zero-order valence-corrected chi connectivity index (χ0v) is 10.6. The Kier molecular flexibility index (Phi) is 4.93. The Morgan fingerprint density at radius 3 is 2.06 bits per heavy atom. The molecule has 0 spiro atoms. The van der Waals surface area contributed by atoms with E-state index in [1.807, 2.05) is 20.8 Å². The lowest BCUT2D eigenvalue weighted by Crippen LogP contribution is -2.55. The van der Waals surface area contributed by atoms with Crippen LogP contribution in [0.2, 0.25) is 0 Å². The average Bonchev–Trinajstić information content (AvgIpc) is 1.99. The van der Waals surface area contributed by atoms with Crippen molar-refractivity contribution in [3.63, 3.8) is 0 Å². The zero-order chi connectivity index (χ0) is 13.0. The topological polar surface area (TPSA) is 75.6 Å². The van der Waals surface area contributed by atoms with Crippen LogP contribution in [-0.4, -0.2) is 36.2 Å². The molecule has 0 saturated heterocycles. The fourth-order valence-corrected chi connectivity index (χ4v) is 1.27. The predicted molar refractivity (Wildman–Crippen MR) is 60.1 cm³/mol. The molecule has 0 aliphatic rings. The van der Waals surface area contributed by atoms with Crippen molar-refractivity contribution in [1.29, 1.82) is 0 Å². The summed E-state index contributed by atoms with van der Waals surface area (Å²) in [7, 11) is 1.40. The van der Waals surface area contributed by atoms with E-state index in [0.717, 1.165) is 0 Å². The van der Waals surface area contributed by atoms with Gasteiger partial charge in [-0.15, -0.1) is 0 Å². The Morgan fingerprint density at radius 2 is 1.75 bits per heavy atom. The molecule has 1 unspecified atom stereocenters. The summed E-state index contributed by atoms with van der Waals surface area (Å²) in [5.41, 5.74) is -1.53. The molecule has 0 aromatic carbocycles.